The van der Waals surface area contributed by atoms with Crippen LogP contribution in [-0.4, -0.2) is 25.2 Å². The van der Waals surface area contributed by atoms with Gasteiger partial charge in [-0.2, -0.15) is 0 Å². The normalized spacial score (nSPS) is 11.6. The number of carbonyl (C=O) groups is 1. The predicted molar refractivity (Wildman–Crippen MR) is 108 cm³/mol. The molecule has 0 saturated carbocycles. The van der Waals surface area contributed by atoms with Crippen molar-refractivity contribution in [3.63, 3.8) is 0 Å². The summed E-state index contributed by atoms with van der Waals surface area (Å²) in [6, 6.07) is 12.7. The quantitative estimate of drug-likeness (QED) is 0.493. The highest BCUT2D eigenvalue weighted by atomic mass is 32.2. The topological polar surface area (TPSA) is 83.5 Å². The van der Waals surface area contributed by atoms with Crippen LogP contribution in [0.25, 0.3) is 6.08 Å². The smallest absolute Gasteiger partial charge is 0.248 e. The number of phenols is 1. The number of amides is 1. The summed E-state index contributed by atoms with van der Waals surface area (Å²) in [4.78, 5) is 12.2. The third kappa shape index (κ3) is 6.90. The highest BCUT2D eigenvalue weighted by molar-refractivity contribution is 7.91. The van der Waals surface area contributed by atoms with Crippen LogP contribution in [0.1, 0.15) is 38.2 Å². The summed E-state index contributed by atoms with van der Waals surface area (Å²) in [5.41, 5.74) is 1.31. The molecule has 0 aliphatic heterocycles. The van der Waals surface area contributed by atoms with Crippen molar-refractivity contribution in [2.75, 3.05) is 11.1 Å². The number of sulfone groups is 1. The lowest BCUT2D eigenvalue weighted by molar-refractivity contribution is -0.111. The van der Waals surface area contributed by atoms with E-state index in [0.29, 0.717) is 12.1 Å². The molecule has 5 nitrogen and oxygen atoms in total. The number of rotatable bonds is 9. The summed E-state index contributed by atoms with van der Waals surface area (Å²) in [7, 11) is -3.28. The summed E-state index contributed by atoms with van der Waals surface area (Å²) in [6.45, 7) is 2.08. The van der Waals surface area contributed by atoms with Crippen molar-refractivity contribution in [2.45, 2.75) is 37.5 Å². The third-order valence-electron chi connectivity index (χ3n) is 4.07. The zero-order valence-electron chi connectivity index (χ0n) is 15.4. The van der Waals surface area contributed by atoms with E-state index in [1.807, 2.05) is 0 Å². The highest BCUT2D eigenvalue weighted by Gasteiger charge is 2.13. The molecule has 27 heavy (non-hydrogen) atoms. The molecule has 0 fully saturated rings. The lowest BCUT2D eigenvalue weighted by Gasteiger charge is -2.06. The van der Waals surface area contributed by atoms with Crippen molar-refractivity contribution in [2.24, 2.45) is 0 Å². The van der Waals surface area contributed by atoms with Crippen LogP contribution in [0.15, 0.2) is 59.5 Å². The molecule has 2 aromatic rings. The van der Waals surface area contributed by atoms with Gasteiger partial charge >= 0.3 is 0 Å². The number of aromatic hydroxyl groups is 1. The molecule has 6 heteroatoms. The Hall–Kier alpha value is -2.60. The van der Waals surface area contributed by atoms with E-state index in [1.54, 1.807) is 42.5 Å². The molecular formula is C21H25NO4S. The Bertz CT molecular complexity index is 869. The molecule has 0 bridgehead atoms. The predicted octanol–water partition coefficient (Wildman–Crippen LogP) is 4.40. The molecule has 2 rings (SSSR count). The molecule has 144 valence electrons. The van der Waals surface area contributed by atoms with Gasteiger partial charge in [0.25, 0.3) is 0 Å². The molecule has 2 aromatic carbocycles. The van der Waals surface area contributed by atoms with Crippen molar-refractivity contribution in [1.29, 1.82) is 0 Å². The minimum atomic E-state index is -3.28. The standard InChI is InChI=1S/C21H25NO4S/c1-2-3-4-5-16-27(25,26)20-13-9-18(10-14-20)22-21(24)15-8-17-6-11-19(23)12-7-17/h6-15,23H,2-5,16H2,1H3,(H,22,24). The Morgan fingerprint density at radius 2 is 1.67 bits per heavy atom. The van der Waals surface area contributed by atoms with Crippen LogP contribution in [-0.2, 0) is 14.6 Å². The number of unbranched alkanes of at least 4 members (excludes halogenated alkanes) is 3. The fourth-order valence-corrected chi connectivity index (χ4v) is 3.89. The van der Waals surface area contributed by atoms with E-state index < -0.39 is 9.84 Å². The maximum absolute atomic E-state index is 12.3. The van der Waals surface area contributed by atoms with E-state index >= 15 is 0 Å². The lowest BCUT2D eigenvalue weighted by atomic mass is 10.2. The first kappa shape index (κ1) is 20.7. The van der Waals surface area contributed by atoms with E-state index in [2.05, 4.69) is 12.2 Å². The summed E-state index contributed by atoms with van der Waals surface area (Å²) >= 11 is 0. The summed E-state index contributed by atoms with van der Waals surface area (Å²) in [5.74, 6) is -0.0103. The van der Waals surface area contributed by atoms with Crippen LogP contribution in [0.4, 0.5) is 5.69 Å². The van der Waals surface area contributed by atoms with Gasteiger partial charge in [0.15, 0.2) is 9.84 Å². The second kappa shape index (κ2) is 9.92. The molecule has 0 atom stereocenters. The first-order valence-corrected chi connectivity index (χ1v) is 10.7. The van der Waals surface area contributed by atoms with Gasteiger partial charge in [0.2, 0.25) is 5.91 Å². The monoisotopic (exact) mass is 387 g/mol. The summed E-state index contributed by atoms with van der Waals surface area (Å²) in [5, 5.41) is 11.9. The number of nitrogens with one attached hydrogen (secondary N) is 1. The first-order valence-electron chi connectivity index (χ1n) is 9.01. The molecule has 0 aliphatic carbocycles. The van der Waals surface area contributed by atoms with Gasteiger partial charge in [0, 0.05) is 11.8 Å². The van der Waals surface area contributed by atoms with E-state index in [-0.39, 0.29) is 22.3 Å². The van der Waals surface area contributed by atoms with Crippen molar-refractivity contribution in [3.05, 3.63) is 60.2 Å². The molecule has 0 unspecified atom stereocenters. The summed E-state index contributed by atoms with van der Waals surface area (Å²) in [6.07, 6.45) is 6.69. The average molecular weight is 388 g/mol. The highest BCUT2D eigenvalue weighted by Crippen LogP contribution is 2.17. The summed E-state index contributed by atoms with van der Waals surface area (Å²) < 4.78 is 24.6. The lowest BCUT2D eigenvalue weighted by Crippen LogP contribution is -2.09. The van der Waals surface area contributed by atoms with E-state index in [0.717, 1.165) is 24.8 Å². The van der Waals surface area contributed by atoms with Crippen molar-refractivity contribution in [1.82, 2.24) is 0 Å². The average Bonchev–Trinajstić information content (AvgIpc) is 2.65. The van der Waals surface area contributed by atoms with Gasteiger partial charge in [-0.3, -0.25) is 4.79 Å². The molecule has 0 spiro atoms. The van der Waals surface area contributed by atoms with Gasteiger partial charge in [-0.25, -0.2) is 8.42 Å². The molecule has 2 N–H and O–H groups in total. The molecule has 0 heterocycles. The third-order valence-corrected chi connectivity index (χ3v) is 5.88. The van der Waals surface area contributed by atoms with Gasteiger partial charge in [0.1, 0.15) is 5.75 Å². The number of hydrogen-bond donors (Lipinski definition) is 2. The van der Waals surface area contributed by atoms with Gasteiger partial charge in [-0.1, -0.05) is 38.3 Å². The number of hydrogen-bond acceptors (Lipinski definition) is 4. The Morgan fingerprint density at radius 1 is 1.00 bits per heavy atom. The van der Waals surface area contributed by atoms with Crippen molar-refractivity contribution in [3.8, 4) is 5.75 Å². The van der Waals surface area contributed by atoms with Crippen LogP contribution < -0.4 is 5.32 Å². The second-order valence-corrected chi connectivity index (χ2v) is 8.43. The van der Waals surface area contributed by atoms with Crippen molar-refractivity contribution < 1.29 is 18.3 Å². The van der Waals surface area contributed by atoms with Gasteiger partial charge in [0.05, 0.1) is 10.6 Å². The van der Waals surface area contributed by atoms with E-state index in [9.17, 15) is 18.3 Å². The van der Waals surface area contributed by atoms with E-state index in [1.165, 1.54) is 18.2 Å². The van der Waals surface area contributed by atoms with E-state index in [4.69, 9.17) is 0 Å². The largest absolute Gasteiger partial charge is 0.508 e. The molecule has 0 radical (unpaired) electrons. The van der Waals surface area contributed by atoms with Gasteiger partial charge in [-0.15, -0.1) is 0 Å². The number of benzene rings is 2. The Balaban J connectivity index is 1.92. The SMILES string of the molecule is CCCCCCS(=O)(=O)c1ccc(NC(=O)C=Cc2ccc(O)cc2)cc1. The molecule has 0 aliphatic rings. The number of anilines is 1. The maximum atomic E-state index is 12.3. The molecule has 0 aromatic heterocycles. The van der Waals surface area contributed by atoms with Gasteiger partial charge < -0.3 is 10.4 Å². The van der Waals surface area contributed by atoms with Crippen LogP contribution in [0, 0.1) is 0 Å². The van der Waals surface area contributed by atoms with Crippen LogP contribution in [0.2, 0.25) is 0 Å². The molecular weight excluding hydrogens is 362 g/mol. The fourth-order valence-electron chi connectivity index (χ4n) is 2.52. The van der Waals surface area contributed by atoms with Crippen LogP contribution >= 0.6 is 0 Å². The number of carbonyl (C=O) groups excluding carboxylic acids is 1. The van der Waals surface area contributed by atoms with Crippen molar-refractivity contribution >= 4 is 27.5 Å². The van der Waals surface area contributed by atoms with Crippen LogP contribution in [0.5, 0.6) is 5.75 Å². The first-order chi connectivity index (χ1) is 12.9. The van der Waals surface area contributed by atoms with Crippen LogP contribution in [0.3, 0.4) is 0 Å². The zero-order chi connectivity index (χ0) is 19.7. The molecule has 1 amide bonds. The molecule has 0 saturated heterocycles. The number of phenolic OH excluding ortho intramolecular Hbond substituents is 1. The maximum Gasteiger partial charge on any atom is 0.248 e. The van der Waals surface area contributed by atoms with Gasteiger partial charge in [-0.05, 0) is 54.5 Å². The Labute approximate surface area is 160 Å². The Kier molecular flexibility index (Phi) is 7.61. The minimum Gasteiger partial charge on any atom is -0.508 e. The Morgan fingerprint density at radius 3 is 2.30 bits per heavy atom. The fraction of sp³-hybridized carbons (Fsp3) is 0.286. The minimum absolute atomic E-state index is 0.147. The zero-order valence-corrected chi connectivity index (χ0v) is 16.2. The second-order valence-electron chi connectivity index (χ2n) is 6.32.